The third-order valence-electron chi connectivity index (χ3n) is 4.12. The summed E-state index contributed by atoms with van der Waals surface area (Å²) in [5.74, 6) is -0.284. The Morgan fingerprint density at radius 2 is 2.04 bits per heavy atom. The fourth-order valence-corrected chi connectivity index (χ4v) is 3.61. The number of hydrogen-bond acceptors (Lipinski definition) is 3. The standard InChI is InChI=1S/C16H19F2N3O2S/c1-24(22,23)21(9-12-8-13(17)5-6-15(12)18)11-14-10-20-7-3-2-4-16(20)19-14/h5-6,8,10H,2-4,7,9,11H2,1H3. The normalized spacial score (nSPS) is 14.8. The highest BCUT2D eigenvalue weighted by molar-refractivity contribution is 7.88. The molecule has 0 saturated carbocycles. The van der Waals surface area contributed by atoms with E-state index < -0.39 is 21.7 Å². The highest BCUT2D eigenvalue weighted by Gasteiger charge is 2.22. The molecule has 0 amide bonds. The number of aryl methyl sites for hydroxylation is 2. The van der Waals surface area contributed by atoms with E-state index in [-0.39, 0.29) is 18.7 Å². The lowest BCUT2D eigenvalue weighted by atomic mass is 10.2. The van der Waals surface area contributed by atoms with Crippen molar-refractivity contribution in [1.29, 1.82) is 0 Å². The van der Waals surface area contributed by atoms with Gasteiger partial charge in [-0.25, -0.2) is 22.2 Å². The molecule has 0 saturated heterocycles. The number of hydrogen-bond donors (Lipinski definition) is 0. The van der Waals surface area contributed by atoms with Crippen LogP contribution < -0.4 is 0 Å². The van der Waals surface area contributed by atoms with Gasteiger partial charge in [-0.1, -0.05) is 0 Å². The van der Waals surface area contributed by atoms with Gasteiger partial charge in [0.1, 0.15) is 17.5 Å². The molecule has 1 aromatic carbocycles. The van der Waals surface area contributed by atoms with Crippen molar-refractivity contribution >= 4 is 10.0 Å². The summed E-state index contributed by atoms with van der Waals surface area (Å²) in [6.07, 6.45) is 5.92. The molecule has 0 fully saturated rings. The number of imidazole rings is 1. The van der Waals surface area contributed by atoms with Gasteiger partial charge in [0.15, 0.2) is 0 Å². The zero-order valence-electron chi connectivity index (χ0n) is 13.4. The van der Waals surface area contributed by atoms with Crippen LogP contribution in [-0.2, 0) is 36.1 Å². The van der Waals surface area contributed by atoms with E-state index in [1.807, 2.05) is 10.8 Å². The Morgan fingerprint density at radius 3 is 2.75 bits per heavy atom. The maximum absolute atomic E-state index is 13.8. The average Bonchev–Trinajstić information content (AvgIpc) is 2.91. The molecule has 8 heteroatoms. The minimum Gasteiger partial charge on any atom is -0.335 e. The van der Waals surface area contributed by atoms with E-state index in [0.29, 0.717) is 5.69 Å². The van der Waals surface area contributed by atoms with Crippen LogP contribution in [0, 0.1) is 11.6 Å². The van der Waals surface area contributed by atoms with Crippen molar-refractivity contribution in [2.45, 2.75) is 38.9 Å². The zero-order chi connectivity index (χ0) is 17.3. The van der Waals surface area contributed by atoms with Crippen LogP contribution in [0.4, 0.5) is 8.78 Å². The second-order valence-electron chi connectivity index (χ2n) is 6.07. The van der Waals surface area contributed by atoms with E-state index in [1.54, 1.807) is 0 Å². The van der Waals surface area contributed by atoms with Gasteiger partial charge in [-0.15, -0.1) is 0 Å². The largest absolute Gasteiger partial charge is 0.335 e. The minimum atomic E-state index is -3.60. The molecular formula is C16H19F2N3O2S. The Bertz CT molecular complexity index is 826. The van der Waals surface area contributed by atoms with Crippen LogP contribution in [-0.4, -0.2) is 28.5 Å². The molecule has 2 heterocycles. The van der Waals surface area contributed by atoms with Gasteiger partial charge in [0.05, 0.1) is 18.5 Å². The molecule has 0 spiro atoms. The van der Waals surface area contributed by atoms with Crippen molar-refractivity contribution in [2.75, 3.05) is 6.26 Å². The SMILES string of the molecule is CS(=O)(=O)N(Cc1cn2c(n1)CCCC2)Cc1cc(F)ccc1F. The molecule has 24 heavy (non-hydrogen) atoms. The predicted molar refractivity (Wildman–Crippen MR) is 85.6 cm³/mol. The summed E-state index contributed by atoms with van der Waals surface area (Å²) in [6.45, 7) is 0.680. The van der Waals surface area contributed by atoms with Gasteiger partial charge in [-0.3, -0.25) is 0 Å². The number of halogens is 2. The summed E-state index contributed by atoms with van der Waals surface area (Å²) < 4.78 is 54.4. The van der Waals surface area contributed by atoms with Crippen LogP contribution in [0.1, 0.15) is 29.9 Å². The quantitative estimate of drug-likeness (QED) is 0.828. The summed E-state index contributed by atoms with van der Waals surface area (Å²) in [6, 6.07) is 3.03. The van der Waals surface area contributed by atoms with Crippen LogP contribution in [0.5, 0.6) is 0 Å². The zero-order valence-corrected chi connectivity index (χ0v) is 14.2. The molecular weight excluding hydrogens is 336 g/mol. The summed E-state index contributed by atoms with van der Waals surface area (Å²) in [5.41, 5.74) is 0.624. The second kappa shape index (κ2) is 6.60. The fourth-order valence-electron chi connectivity index (χ4n) is 2.87. The van der Waals surface area contributed by atoms with E-state index in [9.17, 15) is 17.2 Å². The molecule has 5 nitrogen and oxygen atoms in total. The van der Waals surface area contributed by atoms with Crippen LogP contribution >= 0.6 is 0 Å². The van der Waals surface area contributed by atoms with E-state index >= 15 is 0 Å². The van der Waals surface area contributed by atoms with E-state index in [0.717, 1.165) is 60.4 Å². The lowest BCUT2D eigenvalue weighted by molar-refractivity contribution is 0.392. The van der Waals surface area contributed by atoms with E-state index in [1.165, 1.54) is 0 Å². The van der Waals surface area contributed by atoms with Crippen molar-refractivity contribution in [3.8, 4) is 0 Å². The number of benzene rings is 1. The summed E-state index contributed by atoms with van der Waals surface area (Å²) in [7, 11) is -3.60. The van der Waals surface area contributed by atoms with Crippen LogP contribution in [0.2, 0.25) is 0 Å². The van der Waals surface area contributed by atoms with Crippen molar-refractivity contribution in [3.63, 3.8) is 0 Å². The maximum Gasteiger partial charge on any atom is 0.211 e. The molecule has 0 bridgehead atoms. The van der Waals surface area contributed by atoms with Gasteiger partial charge in [0.25, 0.3) is 0 Å². The summed E-state index contributed by atoms with van der Waals surface area (Å²) >= 11 is 0. The van der Waals surface area contributed by atoms with E-state index in [4.69, 9.17) is 0 Å². The van der Waals surface area contributed by atoms with Crippen molar-refractivity contribution in [3.05, 3.63) is 53.1 Å². The molecule has 0 radical (unpaired) electrons. The Morgan fingerprint density at radius 1 is 1.25 bits per heavy atom. The number of aromatic nitrogens is 2. The van der Waals surface area contributed by atoms with Gasteiger partial charge < -0.3 is 4.57 Å². The van der Waals surface area contributed by atoms with Crippen LogP contribution in [0.25, 0.3) is 0 Å². The van der Waals surface area contributed by atoms with Crippen LogP contribution in [0.15, 0.2) is 24.4 Å². The molecule has 0 N–H and O–H groups in total. The first kappa shape index (κ1) is 17.0. The van der Waals surface area contributed by atoms with E-state index in [2.05, 4.69) is 4.98 Å². The second-order valence-corrected chi connectivity index (χ2v) is 8.05. The lowest BCUT2D eigenvalue weighted by Gasteiger charge is -2.19. The third kappa shape index (κ3) is 3.81. The molecule has 0 aliphatic carbocycles. The minimum absolute atomic E-state index is 0.00407. The Balaban J connectivity index is 1.85. The highest BCUT2D eigenvalue weighted by Crippen LogP contribution is 2.19. The van der Waals surface area contributed by atoms with Crippen molar-refractivity contribution in [2.24, 2.45) is 0 Å². The molecule has 2 aromatic rings. The molecule has 1 aliphatic rings. The van der Waals surface area contributed by atoms with Crippen LogP contribution in [0.3, 0.4) is 0 Å². The average molecular weight is 355 g/mol. The topological polar surface area (TPSA) is 55.2 Å². The number of sulfonamides is 1. The van der Waals surface area contributed by atoms with Gasteiger partial charge in [0, 0.05) is 31.3 Å². The maximum atomic E-state index is 13.8. The van der Waals surface area contributed by atoms with Gasteiger partial charge in [-0.05, 0) is 31.0 Å². The Kier molecular flexibility index (Phi) is 4.69. The molecule has 3 rings (SSSR count). The first-order chi connectivity index (χ1) is 11.3. The molecule has 130 valence electrons. The van der Waals surface area contributed by atoms with Gasteiger partial charge >= 0.3 is 0 Å². The first-order valence-corrected chi connectivity index (χ1v) is 9.62. The monoisotopic (exact) mass is 355 g/mol. The molecule has 1 aliphatic heterocycles. The molecule has 0 atom stereocenters. The lowest BCUT2D eigenvalue weighted by Crippen LogP contribution is -2.29. The smallest absolute Gasteiger partial charge is 0.211 e. The predicted octanol–water partition coefficient (Wildman–Crippen LogP) is 2.46. The van der Waals surface area contributed by atoms with Gasteiger partial charge in [-0.2, -0.15) is 4.31 Å². The number of rotatable bonds is 5. The Hall–Kier alpha value is -1.80. The highest BCUT2D eigenvalue weighted by atomic mass is 32.2. The third-order valence-corrected chi connectivity index (χ3v) is 5.32. The van der Waals surface area contributed by atoms with Gasteiger partial charge in [0.2, 0.25) is 10.0 Å². The van der Waals surface area contributed by atoms with Crippen molar-refractivity contribution in [1.82, 2.24) is 13.9 Å². The number of nitrogens with zero attached hydrogens (tertiary/aromatic N) is 3. The van der Waals surface area contributed by atoms with Crippen molar-refractivity contribution < 1.29 is 17.2 Å². The Labute approximate surface area is 140 Å². The fraction of sp³-hybridized carbons (Fsp3) is 0.438. The first-order valence-electron chi connectivity index (χ1n) is 7.77. The number of fused-ring (bicyclic) bond motifs is 1. The summed E-state index contributed by atoms with van der Waals surface area (Å²) in [5, 5.41) is 0. The molecule has 0 unspecified atom stereocenters. The summed E-state index contributed by atoms with van der Waals surface area (Å²) in [4.78, 5) is 4.47. The molecule has 1 aromatic heterocycles.